The molecule has 1 aromatic heterocycles. The second kappa shape index (κ2) is 9.19. The maximum absolute atomic E-state index is 12.9. The van der Waals surface area contributed by atoms with Crippen LogP contribution in [0.1, 0.15) is 49.3 Å². The Morgan fingerprint density at radius 1 is 1.22 bits per heavy atom. The highest BCUT2D eigenvalue weighted by Gasteiger charge is 2.36. The van der Waals surface area contributed by atoms with Crippen molar-refractivity contribution < 1.29 is 14.6 Å². The molecule has 1 amide bonds. The van der Waals surface area contributed by atoms with Gasteiger partial charge in [-0.1, -0.05) is 17.7 Å². The maximum atomic E-state index is 12.9. The summed E-state index contributed by atoms with van der Waals surface area (Å²) in [6, 6.07) is 13.0. The first-order valence-electron chi connectivity index (χ1n) is 12.0. The van der Waals surface area contributed by atoms with Crippen LogP contribution in [0.4, 0.5) is 11.4 Å². The number of anilines is 2. The summed E-state index contributed by atoms with van der Waals surface area (Å²) in [7, 11) is 0. The molecule has 1 atom stereocenters. The van der Waals surface area contributed by atoms with Gasteiger partial charge in [-0.2, -0.15) is 0 Å². The summed E-state index contributed by atoms with van der Waals surface area (Å²) in [5, 5.41) is 16.6. The Morgan fingerprint density at radius 3 is 2.75 bits per heavy atom. The van der Waals surface area contributed by atoms with Gasteiger partial charge in [0, 0.05) is 35.1 Å². The number of rotatable bonds is 5. The summed E-state index contributed by atoms with van der Waals surface area (Å²) in [5.41, 5.74) is 3.84. The molecule has 2 aliphatic heterocycles. The number of halogens is 1. The number of amidine groups is 1. The van der Waals surface area contributed by atoms with Crippen LogP contribution in [0, 0.1) is 0 Å². The summed E-state index contributed by atoms with van der Waals surface area (Å²) in [6.45, 7) is 9.04. The van der Waals surface area contributed by atoms with Crippen molar-refractivity contribution in [2.75, 3.05) is 17.2 Å². The molecule has 0 aliphatic carbocycles. The number of hydrogen-bond acceptors (Lipinski definition) is 6. The zero-order valence-corrected chi connectivity index (χ0v) is 21.6. The Kier molecular flexibility index (Phi) is 6.18. The van der Waals surface area contributed by atoms with E-state index in [0.717, 1.165) is 22.6 Å². The third-order valence-electron chi connectivity index (χ3n) is 6.36. The normalized spacial score (nSPS) is 16.8. The van der Waals surface area contributed by atoms with E-state index in [1.807, 2.05) is 73.7 Å². The number of ether oxygens (including phenoxy) is 1. The first-order valence-corrected chi connectivity index (χ1v) is 12.4. The molecule has 3 N–H and O–H groups in total. The lowest BCUT2D eigenvalue weighted by Gasteiger charge is -2.31. The SMILES string of the molecule is CC1N=C(Nc2ccc(Oc3cccc4c3CN(C(C)(C)C)C4=O)c(Cl)c2)c2c(ccn2CCO)N1. The first kappa shape index (κ1) is 24.2. The molecule has 3 heterocycles. The Morgan fingerprint density at radius 2 is 2.03 bits per heavy atom. The summed E-state index contributed by atoms with van der Waals surface area (Å²) >= 11 is 6.63. The highest BCUT2D eigenvalue weighted by molar-refractivity contribution is 6.32. The highest BCUT2D eigenvalue weighted by Crippen LogP contribution is 2.39. The van der Waals surface area contributed by atoms with Crippen molar-refractivity contribution >= 4 is 34.7 Å². The van der Waals surface area contributed by atoms with E-state index in [-0.39, 0.29) is 24.2 Å². The molecule has 0 bridgehead atoms. The van der Waals surface area contributed by atoms with Gasteiger partial charge in [0.25, 0.3) is 5.91 Å². The van der Waals surface area contributed by atoms with Crippen LogP contribution in [0.15, 0.2) is 53.7 Å². The van der Waals surface area contributed by atoms with Gasteiger partial charge < -0.3 is 29.9 Å². The van der Waals surface area contributed by atoms with Crippen LogP contribution in [0.25, 0.3) is 0 Å². The molecule has 0 saturated heterocycles. The highest BCUT2D eigenvalue weighted by atomic mass is 35.5. The molecule has 0 radical (unpaired) electrons. The van der Waals surface area contributed by atoms with Crippen molar-refractivity contribution in [2.24, 2.45) is 4.99 Å². The molecule has 188 valence electrons. The van der Waals surface area contributed by atoms with Gasteiger partial charge in [0.05, 0.1) is 23.9 Å². The van der Waals surface area contributed by atoms with Gasteiger partial charge >= 0.3 is 0 Å². The van der Waals surface area contributed by atoms with E-state index in [1.165, 1.54) is 0 Å². The van der Waals surface area contributed by atoms with Gasteiger partial charge in [-0.05, 0) is 64.1 Å². The van der Waals surface area contributed by atoms with Crippen molar-refractivity contribution in [2.45, 2.75) is 52.5 Å². The van der Waals surface area contributed by atoms with E-state index in [2.05, 4.69) is 10.6 Å². The average molecular weight is 508 g/mol. The molecule has 8 nitrogen and oxygen atoms in total. The number of benzene rings is 2. The van der Waals surface area contributed by atoms with Crippen LogP contribution in [0.5, 0.6) is 11.5 Å². The number of aromatic nitrogens is 1. The monoisotopic (exact) mass is 507 g/mol. The van der Waals surface area contributed by atoms with Crippen molar-refractivity contribution in [1.82, 2.24) is 9.47 Å². The number of carbonyl (C=O) groups is 1. The molecular weight excluding hydrogens is 478 g/mol. The number of aliphatic hydroxyl groups excluding tert-OH is 1. The zero-order valence-electron chi connectivity index (χ0n) is 20.8. The lowest BCUT2D eigenvalue weighted by atomic mass is 10.1. The third-order valence-corrected chi connectivity index (χ3v) is 6.66. The average Bonchev–Trinajstić information content (AvgIpc) is 3.37. The van der Waals surface area contributed by atoms with Gasteiger partial charge in [0.2, 0.25) is 0 Å². The molecular formula is C27H30ClN5O3. The van der Waals surface area contributed by atoms with Crippen LogP contribution in [-0.2, 0) is 13.1 Å². The van der Waals surface area contributed by atoms with E-state index >= 15 is 0 Å². The van der Waals surface area contributed by atoms with Gasteiger partial charge in [-0.3, -0.25) is 4.79 Å². The smallest absolute Gasteiger partial charge is 0.255 e. The van der Waals surface area contributed by atoms with E-state index in [4.69, 9.17) is 21.3 Å². The van der Waals surface area contributed by atoms with E-state index in [1.54, 1.807) is 12.1 Å². The fourth-order valence-electron chi connectivity index (χ4n) is 4.61. The molecule has 0 saturated carbocycles. The fourth-order valence-corrected chi connectivity index (χ4v) is 4.83. The molecule has 2 aromatic carbocycles. The van der Waals surface area contributed by atoms with E-state index < -0.39 is 0 Å². The molecule has 0 spiro atoms. The lowest BCUT2D eigenvalue weighted by molar-refractivity contribution is 0.0609. The van der Waals surface area contributed by atoms with Gasteiger partial charge in [-0.15, -0.1) is 0 Å². The largest absolute Gasteiger partial charge is 0.455 e. The molecule has 5 rings (SSSR count). The van der Waals surface area contributed by atoms with Gasteiger partial charge in [0.1, 0.15) is 23.4 Å². The predicted octanol–water partition coefficient (Wildman–Crippen LogP) is 5.31. The second-order valence-corrected chi connectivity index (χ2v) is 10.4. The van der Waals surface area contributed by atoms with Crippen LogP contribution >= 0.6 is 11.6 Å². The summed E-state index contributed by atoms with van der Waals surface area (Å²) in [6.07, 6.45) is 1.83. The minimum atomic E-state index is -0.288. The predicted molar refractivity (Wildman–Crippen MR) is 142 cm³/mol. The minimum absolute atomic E-state index is 0.0101. The quantitative estimate of drug-likeness (QED) is 0.435. The summed E-state index contributed by atoms with van der Waals surface area (Å²) in [5.74, 6) is 1.83. The molecule has 0 fully saturated rings. The molecule has 9 heteroatoms. The minimum Gasteiger partial charge on any atom is -0.455 e. The number of hydrogen-bond donors (Lipinski definition) is 3. The summed E-state index contributed by atoms with van der Waals surface area (Å²) in [4.78, 5) is 19.5. The van der Waals surface area contributed by atoms with Gasteiger partial charge in [-0.25, -0.2) is 4.99 Å². The van der Waals surface area contributed by atoms with Crippen molar-refractivity contribution in [3.63, 3.8) is 0 Å². The zero-order chi connectivity index (χ0) is 25.6. The maximum Gasteiger partial charge on any atom is 0.255 e. The number of nitrogens with zero attached hydrogens (tertiary/aromatic N) is 3. The standard InChI is InChI=1S/C27H30ClN5O3/c1-16-29-21-10-11-32(12-13-34)24(21)25(30-16)31-17-8-9-23(20(28)14-17)36-22-7-5-6-18-19(22)15-33(26(18)35)27(2,3)4/h5-11,14,16,29,34H,12-13,15H2,1-4H3,(H,30,31). The number of aliphatic hydroxyl groups is 1. The van der Waals surface area contributed by atoms with Gasteiger partial charge in [0.15, 0.2) is 5.84 Å². The van der Waals surface area contributed by atoms with Crippen LogP contribution in [0.3, 0.4) is 0 Å². The number of amides is 1. The van der Waals surface area contributed by atoms with E-state index in [9.17, 15) is 9.90 Å². The number of nitrogens with one attached hydrogen (secondary N) is 2. The fraction of sp³-hybridized carbons (Fsp3) is 0.333. The Bertz CT molecular complexity index is 1360. The summed E-state index contributed by atoms with van der Waals surface area (Å²) < 4.78 is 8.16. The van der Waals surface area contributed by atoms with Crippen LogP contribution in [0.2, 0.25) is 5.02 Å². The number of aliphatic imine (C=N–C) groups is 1. The third kappa shape index (κ3) is 4.42. The van der Waals surface area contributed by atoms with Crippen molar-refractivity contribution in [1.29, 1.82) is 0 Å². The van der Waals surface area contributed by atoms with Crippen molar-refractivity contribution in [3.05, 3.63) is 70.5 Å². The Labute approximate surface area is 215 Å². The number of fused-ring (bicyclic) bond motifs is 2. The lowest BCUT2D eigenvalue weighted by Crippen LogP contribution is -2.41. The number of carbonyl (C=O) groups excluding carboxylic acids is 1. The van der Waals surface area contributed by atoms with Crippen molar-refractivity contribution in [3.8, 4) is 11.5 Å². The van der Waals surface area contributed by atoms with E-state index in [0.29, 0.717) is 41.0 Å². The Hall–Kier alpha value is -3.49. The van der Waals surface area contributed by atoms with Crippen LogP contribution in [-0.4, -0.2) is 44.6 Å². The second-order valence-electron chi connectivity index (χ2n) is 10.0. The molecule has 2 aliphatic rings. The topological polar surface area (TPSA) is 91.1 Å². The Balaban J connectivity index is 1.38. The molecule has 36 heavy (non-hydrogen) atoms. The first-order chi connectivity index (χ1) is 17.2. The molecule has 1 unspecified atom stereocenters. The molecule has 3 aromatic rings. The van der Waals surface area contributed by atoms with Crippen LogP contribution < -0.4 is 15.4 Å².